The predicted octanol–water partition coefficient (Wildman–Crippen LogP) is 3.95. The fourth-order valence-corrected chi connectivity index (χ4v) is 2.56. The van der Waals surface area contributed by atoms with Crippen LogP contribution in [0.4, 0.5) is 15.8 Å². The second kappa shape index (κ2) is 7.15. The molecule has 1 aliphatic heterocycles. The Morgan fingerprint density at radius 2 is 1.79 bits per heavy atom. The summed E-state index contributed by atoms with van der Waals surface area (Å²) in [6, 6.07) is 7.20. The first-order valence-electron chi connectivity index (χ1n) is 7.11. The lowest BCUT2D eigenvalue weighted by molar-refractivity contribution is -0.114. The van der Waals surface area contributed by atoms with Crippen LogP contribution in [-0.2, 0) is 4.79 Å². The molecule has 3 rings (SSSR count). The van der Waals surface area contributed by atoms with Gasteiger partial charge in [0, 0.05) is 17.2 Å². The Bertz CT molecular complexity index is 786. The molecule has 0 aromatic heterocycles. The van der Waals surface area contributed by atoms with Crippen molar-refractivity contribution in [3.8, 4) is 11.5 Å². The minimum Gasteiger partial charge on any atom is -0.486 e. The van der Waals surface area contributed by atoms with Gasteiger partial charge in [0.1, 0.15) is 19.0 Å². The molecule has 8 heteroatoms. The van der Waals surface area contributed by atoms with Crippen molar-refractivity contribution in [1.29, 1.82) is 0 Å². The van der Waals surface area contributed by atoms with Gasteiger partial charge < -0.3 is 20.1 Å². The topological polar surface area (TPSA) is 59.6 Å². The highest BCUT2D eigenvalue weighted by Gasteiger charge is 2.16. The van der Waals surface area contributed by atoms with Gasteiger partial charge in [-0.05, 0) is 18.2 Å². The molecule has 2 N–H and O–H groups in total. The zero-order valence-corrected chi connectivity index (χ0v) is 13.9. The lowest BCUT2D eigenvalue weighted by Gasteiger charge is -2.20. The van der Waals surface area contributed by atoms with Gasteiger partial charge in [0.05, 0.1) is 22.9 Å². The number of hydrogen-bond donors (Lipinski definition) is 2. The van der Waals surface area contributed by atoms with E-state index < -0.39 is 11.7 Å². The van der Waals surface area contributed by atoms with Gasteiger partial charge in [-0.1, -0.05) is 23.2 Å². The molecule has 1 aliphatic rings. The Balaban J connectivity index is 1.65. The molecular weight excluding hydrogens is 358 g/mol. The Labute approximate surface area is 147 Å². The number of rotatable bonds is 4. The molecule has 0 unspecified atom stereocenters. The molecule has 24 heavy (non-hydrogen) atoms. The molecule has 0 bridgehead atoms. The fraction of sp³-hybridized carbons (Fsp3) is 0.188. The molecule has 0 saturated carbocycles. The first-order chi connectivity index (χ1) is 11.5. The molecule has 2 aromatic carbocycles. The fourth-order valence-electron chi connectivity index (χ4n) is 2.16. The second-order valence-corrected chi connectivity index (χ2v) is 5.85. The summed E-state index contributed by atoms with van der Waals surface area (Å²) in [5, 5.41) is 6.04. The summed E-state index contributed by atoms with van der Waals surface area (Å²) in [4.78, 5) is 12.0. The van der Waals surface area contributed by atoms with E-state index in [4.69, 9.17) is 32.7 Å². The van der Waals surface area contributed by atoms with Crippen molar-refractivity contribution in [3.05, 3.63) is 46.2 Å². The van der Waals surface area contributed by atoms with Crippen molar-refractivity contribution in [1.82, 2.24) is 0 Å². The number of ether oxygens (including phenoxy) is 2. The maximum Gasteiger partial charge on any atom is 0.243 e. The first-order valence-corrected chi connectivity index (χ1v) is 7.86. The second-order valence-electron chi connectivity index (χ2n) is 5.00. The lowest BCUT2D eigenvalue weighted by atomic mass is 10.2. The molecule has 0 radical (unpaired) electrons. The van der Waals surface area contributed by atoms with Crippen molar-refractivity contribution < 1.29 is 18.7 Å². The zero-order chi connectivity index (χ0) is 17.1. The average molecular weight is 371 g/mol. The van der Waals surface area contributed by atoms with E-state index in [1.165, 1.54) is 18.2 Å². The number of benzene rings is 2. The third-order valence-electron chi connectivity index (χ3n) is 3.27. The summed E-state index contributed by atoms with van der Waals surface area (Å²) in [6.07, 6.45) is 0. The summed E-state index contributed by atoms with van der Waals surface area (Å²) < 4.78 is 24.5. The van der Waals surface area contributed by atoms with E-state index in [1.54, 1.807) is 12.1 Å². The van der Waals surface area contributed by atoms with Crippen molar-refractivity contribution in [2.75, 3.05) is 30.4 Å². The number of carbonyl (C=O) groups excluding carboxylic acids is 1. The Hall–Kier alpha value is -2.18. The Kier molecular flexibility index (Phi) is 4.97. The Morgan fingerprint density at radius 3 is 2.54 bits per heavy atom. The highest BCUT2D eigenvalue weighted by atomic mass is 35.5. The number of nitrogens with one attached hydrogen (secondary N) is 2. The molecule has 0 fully saturated rings. The maximum atomic E-state index is 13.6. The number of halogens is 3. The predicted molar refractivity (Wildman–Crippen MR) is 91.0 cm³/mol. The molecule has 5 nitrogen and oxygen atoms in total. The maximum absolute atomic E-state index is 13.6. The van der Waals surface area contributed by atoms with E-state index in [-0.39, 0.29) is 12.2 Å². The van der Waals surface area contributed by atoms with Gasteiger partial charge in [0.15, 0.2) is 11.5 Å². The number of fused-ring (bicyclic) bond motifs is 1. The number of amides is 1. The van der Waals surface area contributed by atoms with E-state index in [9.17, 15) is 9.18 Å². The van der Waals surface area contributed by atoms with Crippen molar-refractivity contribution in [2.24, 2.45) is 0 Å². The lowest BCUT2D eigenvalue weighted by Crippen LogP contribution is -2.22. The Morgan fingerprint density at radius 1 is 1.08 bits per heavy atom. The van der Waals surface area contributed by atoms with E-state index in [0.717, 1.165) is 0 Å². The summed E-state index contributed by atoms with van der Waals surface area (Å²) in [6.45, 7) is 0.803. The van der Waals surface area contributed by atoms with Crippen LogP contribution >= 0.6 is 23.2 Å². The van der Waals surface area contributed by atoms with E-state index in [2.05, 4.69) is 10.6 Å². The average Bonchev–Trinajstić information content (AvgIpc) is 2.56. The first kappa shape index (κ1) is 16.7. The van der Waals surface area contributed by atoms with Crippen LogP contribution < -0.4 is 20.1 Å². The molecular formula is C16H13Cl2FN2O3. The molecule has 2 aromatic rings. The summed E-state index contributed by atoms with van der Waals surface area (Å²) in [5.41, 5.74) is 0.533. The van der Waals surface area contributed by atoms with Crippen LogP contribution in [0.25, 0.3) is 0 Å². The molecule has 1 heterocycles. The number of carbonyl (C=O) groups is 1. The zero-order valence-electron chi connectivity index (χ0n) is 12.4. The van der Waals surface area contributed by atoms with E-state index in [0.29, 0.717) is 40.4 Å². The minimum atomic E-state index is -0.565. The molecule has 0 saturated heterocycles. The summed E-state index contributed by atoms with van der Waals surface area (Å²) in [5.74, 6) is 0.101. The van der Waals surface area contributed by atoms with Gasteiger partial charge >= 0.3 is 0 Å². The van der Waals surface area contributed by atoms with Gasteiger partial charge in [-0.15, -0.1) is 0 Å². The van der Waals surface area contributed by atoms with Gasteiger partial charge in [-0.2, -0.15) is 0 Å². The van der Waals surface area contributed by atoms with Gasteiger partial charge in [0.2, 0.25) is 5.91 Å². The van der Waals surface area contributed by atoms with Gasteiger partial charge in [-0.3, -0.25) is 4.79 Å². The van der Waals surface area contributed by atoms with Crippen LogP contribution in [0.2, 0.25) is 10.0 Å². The third kappa shape index (κ3) is 3.83. The number of anilines is 2. The van der Waals surface area contributed by atoms with Gasteiger partial charge in [0.25, 0.3) is 0 Å². The van der Waals surface area contributed by atoms with Crippen molar-refractivity contribution in [2.45, 2.75) is 0 Å². The standard InChI is InChI=1S/C16H13Cl2FN2O3/c17-9-1-2-11(19)13(5-9)21-16(22)8-20-12-7-15-14(6-10(12)18)23-3-4-24-15/h1-2,5-7,20H,3-4,8H2,(H,21,22). The molecule has 126 valence electrons. The highest BCUT2D eigenvalue weighted by molar-refractivity contribution is 6.33. The summed E-state index contributed by atoms with van der Waals surface area (Å²) >= 11 is 11.9. The molecule has 0 atom stereocenters. The van der Waals surface area contributed by atoms with Gasteiger partial charge in [-0.25, -0.2) is 4.39 Å². The highest BCUT2D eigenvalue weighted by Crippen LogP contribution is 2.37. The van der Waals surface area contributed by atoms with E-state index in [1.807, 2.05) is 0 Å². The van der Waals surface area contributed by atoms with Crippen LogP contribution in [0.1, 0.15) is 0 Å². The SMILES string of the molecule is O=C(CNc1cc2c(cc1Cl)OCCO2)Nc1cc(Cl)ccc1F. The molecule has 0 spiro atoms. The number of hydrogen-bond acceptors (Lipinski definition) is 4. The quantitative estimate of drug-likeness (QED) is 0.855. The smallest absolute Gasteiger partial charge is 0.243 e. The van der Waals surface area contributed by atoms with E-state index >= 15 is 0 Å². The third-order valence-corrected chi connectivity index (χ3v) is 3.82. The van der Waals surface area contributed by atoms with Crippen LogP contribution in [0.3, 0.4) is 0 Å². The normalized spacial score (nSPS) is 12.6. The van der Waals surface area contributed by atoms with Crippen molar-refractivity contribution >= 4 is 40.5 Å². The molecule has 0 aliphatic carbocycles. The van der Waals surface area contributed by atoms with Crippen LogP contribution in [0.15, 0.2) is 30.3 Å². The van der Waals surface area contributed by atoms with Crippen molar-refractivity contribution in [3.63, 3.8) is 0 Å². The minimum absolute atomic E-state index is 0.0163. The van der Waals surface area contributed by atoms with Crippen LogP contribution in [-0.4, -0.2) is 25.7 Å². The monoisotopic (exact) mass is 370 g/mol. The van der Waals surface area contributed by atoms with Crippen LogP contribution in [0.5, 0.6) is 11.5 Å². The summed E-state index contributed by atoms with van der Waals surface area (Å²) in [7, 11) is 0. The molecule has 1 amide bonds. The largest absolute Gasteiger partial charge is 0.486 e. The van der Waals surface area contributed by atoms with Crippen LogP contribution in [0, 0.1) is 5.82 Å².